The van der Waals surface area contributed by atoms with Crippen molar-refractivity contribution in [2.45, 2.75) is 63.1 Å². The lowest BCUT2D eigenvalue weighted by atomic mass is 9.51. The number of likely N-dealkylation sites (tertiary alicyclic amines) is 1. The van der Waals surface area contributed by atoms with Gasteiger partial charge in [0.15, 0.2) is 11.5 Å². The first-order valence-electron chi connectivity index (χ1n) is 13.8. The van der Waals surface area contributed by atoms with E-state index in [2.05, 4.69) is 17.5 Å². The fourth-order valence-corrected chi connectivity index (χ4v) is 7.88. The Morgan fingerprint density at radius 1 is 1.28 bits per heavy atom. The van der Waals surface area contributed by atoms with Crippen molar-refractivity contribution in [3.8, 4) is 11.5 Å². The van der Waals surface area contributed by atoms with Crippen LogP contribution < -0.4 is 4.74 Å². The largest absolute Gasteiger partial charge is 0.504 e. The van der Waals surface area contributed by atoms with E-state index in [0.717, 1.165) is 48.9 Å². The zero-order valence-electron chi connectivity index (χ0n) is 22.9. The van der Waals surface area contributed by atoms with Crippen LogP contribution in [0.4, 0.5) is 0 Å². The second-order valence-corrected chi connectivity index (χ2v) is 11.6. The van der Waals surface area contributed by atoms with E-state index >= 15 is 0 Å². The lowest BCUT2D eigenvalue weighted by Gasteiger charge is -2.60. The molecule has 204 valence electrons. The van der Waals surface area contributed by atoms with E-state index in [1.165, 1.54) is 12.5 Å². The number of aromatic hydroxyl groups is 1. The molecular formula is C32H36N2O5. The van der Waals surface area contributed by atoms with Crippen LogP contribution in [0.15, 0.2) is 54.8 Å². The molecule has 2 aromatic rings. The van der Waals surface area contributed by atoms with Crippen molar-refractivity contribution in [2.24, 2.45) is 5.92 Å². The lowest BCUT2D eigenvalue weighted by Crippen LogP contribution is -2.69. The Morgan fingerprint density at radius 2 is 2.10 bits per heavy atom. The maximum absolute atomic E-state index is 13.4. The van der Waals surface area contributed by atoms with Crippen LogP contribution in [-0.2, 0) is 26.2 Å². The molecule has 1 spiro atoms. The summed E-state index contributed by atoms with van der Waals surface area (Å²) in [6.07, 6.45) is 6.73. The third-order valence-corrected chi connectivity index (χ3v) is 9.37. The number of piperidine rings is 1. The van der Waals surface area contributed by atoms with Gasteiger partial charge in [-0.1, -0.05) is 42.5 Å². The van der Waals surface area contributed by atoms with Gasteiger partial charge in [0.1, 0.15) is 11.9 Å². The van der Waals surface area contributed by atoms with E-state index < -0.39 is 0 Å². The molecule has 2 fully saturated rings. The number of rotatable bonds is 6. The fourth-order valence-electron chi connectivity index (χ4n) is 7.88. The van der Waals surface area contributed by atoms with Crippen LogP contribution in [0.25, 0.3) is 6.08 Å². The normalized spacial score (nSPS) is 28.5. The Kier molecular flexibility index (Phi) is 6.29. The number of phenols is 1. The van der Waals surface area contributed by atoms with Crippen molar-refractivity contribution in [3.05, 3.63) is 77.1 Å². The van der Waals surface area contributed by atoms with Gasteiger partial charge in [-0.3, -0.25) is 14.5 Å². The second-order valence-electron chi connectivity index (χ2n) is 11.6. The van der Waals surface area contributed by atoms with Crippen LogP contribution in [0.3, 0.4) is 0 Å². The average molecular weight is 529 g/mol. The molecule has 0 radical (unpaired) electrons. The zero-order chi connectivity index (χ0) is 27.5. The highest BCUT2D eigenvalue weighted by molar-refractivity contribution is 5.92. The first-order valence-corrected chi connectivity index (χ1v) is 13.8. The highest BCUT2D eigenvalue weighted by atomic mass is 16.5. The van der Waals surface area contributed by atoms with Gasteiger partial charge in [-0.15, -0.1) is 0 Å². The molecule has 2 bridgehead atoms. The quantitative estimate of drug-likeness (QED) is 0.341. The van der Waals surface area contributed by atoms with Crippen molar-refractivity contribution in [1.29, 1.82) is 0 Å². The molecule has 2 heterocycles. The van der Waals surface area contributed by atoms with Crippen molar-refractivity contribution in [2.75, 3.05) is 20.1 Å². The molecule has 1 saturated heterocycles. The Balaban J connectivity index is 1.31. The minimum absolute atomic E-state index is 0.0529. The fraction of sp³-hybridized carbons (Fsp3) is 0.438. The topological polar surface area (TPSA) is 79.3 Å². The van der Waals surface area contributed by atoms with Crippen LogP contribution in [0, 0.1) is 12.8 Å². The minimum atomic E-state index is -0.350. The van der Waals surface area contributed by atoms with Gasteiger partial charge in [0.25, 0.3) is 0 Å². The zero-order valence-corrected chi connectivity index (χ0v) is 22.9. The summed E-state index contributed by atoms with van der Waals surface area (Å²) in [5.74, 6) is 1.14. The van der Waals surface area contributed by atoms with E-state index in [1.807, 2.05) is 49.2 Å². The number of carbonyl (C=O) groups is 2. The average Bonchev–Trinajstić information content (AvgIpc) is 3.24. The summed E-state index contributed by atoms with van der Waals surface area (Å²) >= 11 is 0. The monoisotopic (exact) mass is 528 g/mol. The first kappa shape index (κ1) is 25.7. The first-order chi connectivity index (χ1) is 18.7. The van der Waals surface area contributed by atoms with Gasteiger partial charge in [-0.05, 0) is 68.3 Å². The highest BCUT2D eigenvalue weighted by Crippen LogP contribution is 2.64. The summed E-state index contributed by atoms with van der Waals surface area (Å²) in [5, 5.41) is 10.8. The van der Waals surface area contributed by atoms with E-state index in [0.29, 0.717) is 24.0 Å². The van der Waals surface area contributed by atoms with Gasteiger partial charge < -0.3 is 19.5 Å². The molecule has 0 aromatic heterocycles. The number of benzene rings is 2. The SMILES string of the molecule is C=C(CN1CC[C@]23c4c5ccc(O)c4O[C@H]2[C@@H](N(C)C(=O)C=Cc2cccc(C)c2)CC[C@H]3[C@H]1C5)OC(C)=O. The summed E-state index contributed by atoms with van der Waals surface area (Å²) in [6.45, 7) is 8.73. The molecule has 7 heteroatoms. The van der Waals surface area contributed by atoms with Crippen LogP contribution >= 0.6 is 0 Å². The molecular weight excluding hydrogens is 492 g/mol. The Bertz CT molecular complexity index is 1380. The molecule has 2 aliphatic heterocycles. The molecule has 0 unspecified atom stereocenters. The van der Waals surface area contributed by atoms with Crippen molar-refractivity contribution >= 4 is 18.0 Å². The van der Waals surface area contributed by atoms with Gasteiger partial charge in [-0.2, -0.15) is 0 Å². The maximum atomic E-state index is 13.4. The molecule has 39 heavy (non-hydrogen) atoms. The number of esters is 1. The number of amides is 1. The van der Waals surface area contributed by atoms with E-state index in [-0.39, 0.29) is 41.2 Å². The van der Waals surface area contributed by atoms with Gasteiger partial charge in [0.05, 0.1) is 12.6 Å². The molecule has 5 atom stereocenters. The van der Waals surface area contributed by atoms with Crippen LogP contribution in [0.1, 0.15) is 48.4 Å². The molecule has 4 aliphatic rings. The summed E-state index contributed by atoms with van der Waals surface area (Å²) < 4.78 is 12.0. The van der Waals surface area contributed by atoms with E-state index in [1.54, 1.807) is 12.1 Å². The van der Waals surface area contributed by atoms with Crippen LogP contribution in [-0.4, -0.2) is 65.1 Å². The Labute approximate surface area is 229 Å². The van der Waals surface area contributed by atoms with Crippen molar-refractivity contribution in [1.82, 2.24) is 9.80 Å². The summed E-state index contributed by atoms with van der Waals surface area (Å²) in [5.41, 5.74) is 4.22. The molecule has 1 saturated carbocycles. The summed E-state index contributed by atoms with van der Waals surface area (Å²) in [7, 11) is 1.87. The van der Waals surface area contributed by atoms with E-state index in [4.69, 9.17) is 9.47 Å². The minimum Gasteiger partial charge on any atom is -0.504 e. The maximum Gasteiger partial charge on any atom is 0.307 e. The number of hydrogen-bond donors (Lipinski definition) is 1. The number of ether oxygens (including phenoxy) is 2. The standard InChI is InChI=1S/C32H36N2O5/c1-19-6-5-7-22(16-19)8-13-28(37)33(4)25-11-10-24-26-17-23-9-12-27(36)30-29(23)32(24,31(25)39-30)14-15-34(26)18-20(2)38-21(3)35/h5-9,12-13,16,24-26,31,36H,2,10-11,14-15,17-18H2,1,3-4H3/t24-,25-,26+,31-,32-/m0/s1. The number of hydrogen-bond acceptors (Lipinski definition) is 6. The van der Waals surface area contributed by atoms with Gasteiger partial charge in [-0.25, -0.2) is 0 Å². The van der Waals surface area contributed by atoms with Crippen molar-refractivity contribution in [3.63, 3.8) is 0 Å². The number of nitrogens with zero attached hydrogens (tertiary/aromatic N) is 2. The van der Waals surface area contributed by atoms with Gasteiger partial charge >= 0.3 is 5.97 Å². The smallest absolute Gasteiger partial charge is 0.307 e. The van der Waals surface area contributed by atoms with E-state index in [9.17, 15) is 14.7 Å². The molecule has 7 nitrogen and oxygen atoms in total. The third-order valence-electron chi connectivity index (χ3n) is 9.37. The number of aryl methyl sites for hydroxylation is 1. The van der Waals surface area contributed by atoms with Crippen LogP contribution in [0.5, 0.6) is 11.5 Å². The highest BCUT2D eigenvalue weighted by Gasteiger charge is 2.66. The summed E-state index contributed by atoms with van der Waals surface area (Å²) in [6, 6.07) is 12.0. The Hall–Kier alpha value is -3.58. The molecule has 6 rings (SSSR count). The molecule has 2 aromatic carbocycles. The molecule has 2 aliphatic carbocycles. The lowest BCUT2D eigenvalue weighted by molar-refractivity contribution is -0.139. The van der Waals surface area contributed by atoms with Crippen molar-refractivity contribution < 1.29 is 24.2 Å². The second kappa shape index (κ2) is 9.56. The third kappa shape index (κ3) is 4.15. The van der Waals surface area contributed by atoms with Gasteiger partial charge in [0, 0.05) is 37.1 Å². The molecule has 1 amide bonds. The van der Waals surface area contributed by atoms with Gasteiger partial charge in [0.2, 0.25) is 5.91 Å². The number of phenolic OH excluding ortho intramolecular Hbond substituents is 1. The predicted molar refractivity (Wildman–Crippen MR) is 148 cm³/mol. The Morgan fingerprint density at radius 3 is 2.87 bits per heavy atom. The predicted octanol–water partition coefficient (Wildman–Crippen LogP) is 4.36. The number of carbonyl (C=O) groups excluding carboxylic acids is 2. The summed E-state index contributed by atoms with van der Waals surface area (Å²) in [4.78, 5) is 29.1. The van der Waals surface area contributed by atoms with Crippen LogP contribution in [0.2, 0.25) is 0 Å². The molecule has 1 N–H and O–H groups in total. The number of likely N-dealkylation sites (N-methyl/N-ethyl adjacent to an activating group) is 1.